The third kappa shape index (κ3) is 8.96. The van der Waals surface area contributed by atoms with E-state index >= 15 is 0 Å². The van der Waals surface area contributed by atoms with Gasteiger partial charge >= 0.3 is 36.8 Å². The Kier molecular flexibility index (Phi) is 20.9. The molecule has 0 spiro atoms. The van der Waals surface area contributed by atoms with Gasteiger partial charge in [0.25, 0.3) is 0 Å². The molecule has 0 saturated carbocycles. The minimum absolute atomic E-state index is 0. The third-order valence-electron chi connectivity index (χ3n) is 0. The Bertz CT molecular complexity index is 6.00. The minimum atomic E-state index is -0.466. The molecular weight excluding hydrogens is 306 g/mol. The zero-order valence-corrected chi connectivity index (χ0v) is 6.59. The summed E-state index contributed by atoms with van der Waals surface area (Å²) in [5.41, 5.74) is 0. The third-order valence-corrected chi connectivity index (χ3v) is 0. The first-order valence-corrected chi connectivity index (χ1v) is 5.75. The van der Waals surface area contributed by atoms with Crippen LogP contribution in [0.4, 0.5) is 0 Å². The Balaban J connectivity index is 0. The van der Waals surface area contributed by atoms with Crippen LogP contribution >= 0.6 is 17.8 Å². The fourth-order valence-corrected chi connectivity index (χ4v) is 0. The maximum absolute atomic E-state index is 4.87. The van der Waals surface area contributed by atoms with Crippen LogP contribution in [0.15, 0.2) is 0 Å². The quantitative estimate of drug-likeness (QED) is 0.373. The molecule has 0 heterocycles. The predicted molar refractivity (Wildman–Crippen MR) is 11.7 cm³/mol. The summed E-state index contributed by atoms with van der Waals surface area (Å²) >= 11 is -0.466. The molecule has 0 atom stereocenters. The van der Waals surface area contributed by atoms with E-state index in [1.807, 2.05) is 0 Å². The van der Waals surface area contributed by atoms with Crippen molar-refractivity contribution in [2.24, 2.45) is 0 Å². The van der Waals surface area contributed by atoms with Crippen molar-refractivity contribution in [1.82, 2.24) is 0 Å². The van der Waals surface area contributed by atoms with Crippen LogP contribution in [0.25, 0.3) is 0 Å². The van der Waals surface area contributed by atoms with Crippen molar-refractivity contribution in [2.45, 2.75) is 0 Å². The summed E-state index contributed by atoms with van der Waals surface area (Å²) in [7, 11) is 9.75. The average Bonchev–Trinajstić information content (AvgIpc) is 0.918. The number of hydrogen-bond acceptors (Lipinski definition) is 0. The number of rotatable bonds is 0. The number of hydrogen-bond donors (Lipinski definition) is 0. The van der Waals surface area contributed by atoms with Crippen molar-refractivity contribution < 1.29 is 41.3 Å². The normalized spacial score (nSPS) is 5.50. The van der Waals surface area contributed by atoms with E-state index in [4.69, 9.17) is 17.8 Å². The van der Waals surface area contributed by atoms with Crippen LogP contribution in [0.3, 0.4) is 0 Å². The SMILES string of the molecule is Cl[I-]Cl.[Ag]. The van der Waals surface area contributed by atoms with Crippen molar-refractivity contribution in [2.75, 3.05) is 0 Å². The zero-order chi connectivity index (χ0) is 2.71. The smallest absolute Gasteiger partial charge is 0 e. The Hall–Kier alpha value is 2.05. The molecule has 4 heteroatoms. The van der Waals surface area contributed by atoms with Crippen LogP contribution in [-0.4, -0.2) is 0 Å². The van der Waals surface area contributed by atoms with Gasteiger partial charge in [-0.05, 0) is 0 Å². The van der Waals surface area contributed by atoms with Crippen LogP contribution in [0.1, 0.15) is 0 Å². The molecule has 0 aromatic heterocycles. The molecule has 0 aromatic carbocycles. The monoisotopic (exact) mass is 304 g/mol. The predicted octanol–water partition coefficient (Wildman–Crippen LogP) is -1.62. The van der Waals surface area contributed by atoms with Gasteiger partial charge in [0.2, 0.25) is 0 Å². The first-order valence-electron chi connectivity index (χ1n) is 0.286. The molecule has 0 aliphatic carbocycles. The van der Waals surface area contributed by atoms with Gasteiger partial charge in [-0.3, -0.25) is 0 Å². The second-order valence-electron chi connectivity index (χ2n) is 0.0540. The second kappa shape index (κ2) is 8.90. The summed E-state index contributed by atoms with van der Waals surface area (Å²) in [6, 6.07) is 0. The largest absolute Gasteiger partial charge is 0 e. The molecule has 0 amide bonds. The van der Waals surface area contributed by atoms with E-state index in [0.29, 0.717) is 0 Å². The van der Waals surface area contributed by atoms with Crippen molar-refractivity contribution >= 4 is 17.8 Å². The topological polar surface area (TPSA) is 0 Å². The van der Waals surface area contributed by atoms with Crippen molar-refractivity contribution in [3.63, 3.8) is 0 Å². The van der Waals surface area contributed by atoms with Gasteiger partial charge in [-0.2, -0.15) is 0 Å². The van der Waals surface area contributed by atoms with Crippen LogP contribution in [0, 0.1) is 0 Å². The number of halogens is 3. The summed E-state index contributed by atoms with van der Waals surface area (Å²) in [6.45, 7) is 0. The maximum Gasteiger partial charge on any atom is 0 e. The summed E-state index contributed by atoms with van der Waals surface area (Å²) in [5, 5.41) is 0. The van der Waals surface area contributed by atoms with E-state index in [0.717, 1.165) is 0 Å². The molecule has 0 saturated heterocycles. The summed E-state index contributed by atoms with van der Waals surface area (Å²) in [6.07, 6.45) is 0. The zero-order valence-electron chi connectivity index (χ0n) is 1.44. The van der Waals surface area contributed by atoms with Gasteiger partial charge < -0.3 is 0 Å². The average molecular weight is 306 g/mol. The van der Waals surface area contributed by atoms with Crippen molar-refractivity contribution in [3.8, 4) is 0 Å². The first kappa shape index (κ1) is 9.41. The van der Waals surface area contributed by atoms with Crippen LogP contribution in [0.5, 0.6) is 0 Å². The minimum Gasteiger partial charge on any atom is 0 e. The molecular formula is AgCl2I-. The molecule has 4 heavy (non-hydrogen) atoms. The molecule has 33 valence electrons. The Labute approximate surface area is 58.4 Å². The Morgan fingerprint density at radius 3 is 1.25 bits per heavy atom. The van der Waals surface area contributed by atoms with Gasteiger partial charge in [-0.25, -0.2) is 0 Å². The first-order chi connectivity index (χ1) is 1.41. The Morgan fingerprint density at radius 1 is 1.25 bits per heavy atom. The van der Waals surface area contributed by atoms with Crippen molar-refractivity contribution in [3.05, 3.63) is 0 Å². The maximum atomic E-state index is 4.87. The van der Waals surface area contributed by atoms with E-state index < -0.39 is 18.9 Å². The molecule has 0 bridgehead atoms. The fourth-order valence-electron chi connectivity index (χ4n) is 0. The van der Waals surface area contributed by atoms with Gasteiger partial charge in [0.05, 0.1) is 0 Å². The van der Waals surface area contributed by atoms with Gasteiger partial charge in [0.1, 0.15) is 0 Å². The van der Waals surface area contributed by atoms with Crippen molar-refractivity contribution in [1.29, 1.82) is 0 Å². The van der Waals surface area contributed by atoms with Crippen LogP contribution < -0.4 is 18.9 Å². The summed E-state index contributed by atoms with van der Waals surface area (Å²) in [5.74, 6) is 0. The van der Waals surface area contributed by atoms with E-state index in [-0.39, 0.29) is 22.4 Å². The van der Waals surface area contributed by atoms with Crippen LogP contribution in [-0.2, 0) is 22.4 Å². The molecule has 1 radical (unpaired) electrons. The van der Waals surface area contributed by atoms with Gasteiger partial charge in [0.15, 0.2) is 0 Å². The second-order valence-corrected chi connectivity index (χ2v) is 3.26. The molecule has 0 N–H and O–H groups in total. The van der Waals surface area contributed by atoms with E-state index in [1.165, 1.54) is 0 Å². The molecule has 0 rings (SSSR count). The fraction of sp³-hybridized carbons (Fsp3) is 0. The Morgan fingerprint density at radius 2 is 1.25 bits per heavy atom. The van der Waals surface area contributed by atoms with E-state index in [9.17, 15) is 0 Å². The summed E-state index contributed by atoms with van der Waals surface area (Å²) < 4.78 is 0. The molecule has 0 nitrogen and oxygen atoms in total. The molecule has 0 aliphatic heterocycles. The molecule has 0 aromatic rings. The van der Waals surface area contributed by atoms with Crippen LogP contribution in [0.2, 0.25) is 0 Å². The molecule has 0 unspecified atom stereocenters. The standard InChI is InChI=1S/Ag.Cl2I/c;1-3-2/q;-1. The van der Waals surface area contributed by atoms with E-state index in [2.05, 4.69) is 0 Å². The van der Waals surface area contributed by atoms with Gasteiger partial charge in [-0.1, -0.05) is 0 Å². The molecule has 0 fully saturated rings. The van der Waals surface area contributed by atoms with E-state index in [1.54, 1.807) is 0 Å². The van der Waals surface area contributed by atoms with Gasteiger partial charge in [-0.15, -0.1) is 0 Å². The van der Waals surface area contributed by atoms with Gasteiger partial charge in [0, 0.05) is 22.4 Å². The molecule has 0 aliphatic rings. The summed E-state index contributed by atoms with van der Waals surface area (Å²) in [4.78, 5) is 0.